The Hall–Kier alpha value is -2.56. The van der Waals surface area contributed by atoms with Gasteiger partial charge in [0.05, 0.1) is 12.7 Å². The van der Waals surface area contributed by atoms with Crippen molar-refractivity contribution < 1.29 is 22.7 Å². The van der Waals surface area contributed by atoms with Gasteiger partial charge in [0.25, 0.3) is 0 Å². The van der Waals surface area contributed by atoms with Gasteiger partial charge in [0.15, 0.2) is 5.78 Å². The third kappa shape index (κ3) is 3.20. The van der Waals surface area contributed by atoms with Gasteiger partial charge in [-0.25, -0.2) is 0 Å². The number of fused-ring (bicyclic) bond motifs is 1. The highest BCUT2D eigenvalue weighted by Gasteiger charge is 2.30. The molecule has 3 rings (SSSR count). The number of benzene rings is 2. The van der Waals surface area contributed by atoms with E-state index in [1.54, 1.807) is 25.3 Å². The molecule has 0 fully saturated rings. The van der Waals surface area contributed by atoms with Crippen LogP contribution in [0.3, 0.4) is 0 Å². The molecule has 0 spiro atoms. The molecule has 2 aromatic carbocycles. The van der Waals surface area contributed by atoms with E-state index in [-0.39, 0.29) is 5.78 Å². The fraction of sp³-hybridized carbons (Fsp3) is 0.211. The van der Waals surface area contributed by atoms with E-state index in [0.717, 1.165) is 17.7 Å². The maximum atomic E-state index is 12.6. The van der Waals surface area contributed by atoms with Gasteiger partial charge in [0.2, 0.25) is 0 Å². The van der Waals surface area contributed by atoms with Crippen molar-refractivity contribution >= 4 is 11.9 Å². The number of rotatable bonds is 2. The maximum absolute atomic E-state index is 12.6. The van der Waals surface area contributed by atoms with Crippen molar-refractivity contribution in [3.05, 3.63) is 70.3 Å². The first-order valence-corrected chi connectivity index (χ1v) is 7.48. The second-order valence-electron chi connectivity index (χ2n) is 5.64. The average molecular weight is 332 g/mol. The Balaban J connectivity index is 1.87. The molecular formula is C19H15F3O2. The summed E-state index contributed by atoms with van der Waals surface area (Å²) in [4.78, 5) is 12.6. The molecule has 0 radical (unpaired) electrons. The first-order chi connectivity index (χ1) is 11.4. The van der Waals surface area contributed by atoms with Gasteiger partial charge in [-0.3, -0.25) is 4.79 Å². The second kappa shape index (κ2) is 6.15. The largest absolute Gasteiger partial charge is 0.497 e. The molecule has 24 heavy (non-hydrogen) atoms. The van der Waals surface area contributed by atoms with Crippen molar-refractivity contribution in [2.75, 3.05) is 7.11 Å². The number of methoxy groups -OCH3 is 1. The fourth-order valence-corrected chi connectivity index (χ4v) is 2.79. The van der Waals surface area contributed by atoms with Crippen LogP contribution in [0.2, 0.25) is 0 Å². The van der Waals surface area contributed by atoms with Crippen LogP contribution in [-0.4, -0.2) is 12.9 Å². The molecule has 0 saturated carbocycles. The molecule has 124 valence electrons. The van der Waals surface area contributed by atoms with Crippen LogP contribution in [0.25, 0.3) is 6.08 Å². The Morgan fingerprint density at radius 1 is 1.04 bits per heavy atom. The Kier molecular flexibility index (Phi) is 4.18. The highest BCUT2D eigenvalue weighted by atomic mass is 19.4. The molecule has 5 heteroatoms. The van der Waals surface area contributed by atoms with E-state index in [0.29, 0.717) is 35.3 Å². The number of allylic oxidation sites excluding steroid dienone is 1. The maximum Gasteiger partial charge on any atom is 0.416 e. The Morgan fingerprint density at radius 3 is 2.38 bits per heavy atom. The number of aryl methyl sites for hydroxylation is 1. The van der Waals surface area contributed by atoms with Crippen LogP contribution in [0, 0.1) is 0 Å². The molecule has 1 aliphatic carbocycles. The zero-order valence-electron chi connectivity index (χ0n) is 13.0. The van der Waals surface area contributed by atoms with Gasteiger partial charge in [0.1, 0.15) is 5.75 Å². The summed E-state index contributed by atoms with van der Waals surface area (Å²) in [6, 6.07) is 10.1. The van der Waals surface area contributed by atoms with Crippen molar-refractivity contribution in [2.24, 2.45) is 0 Å². The lowest BCUT2D eigenvalue weighted by atomic mass is 9.86. The van der Waals surface area contributed by atoms with E-state index in [4.69, 9.17) is 4.74 Å². The lowest BCUT2D eigenvalue weighted by Gasteiger charge is -2.18. The van der Waals surface area contributed by atoms with E-state index in [1.165, 1.54) is 12.1 Å². The van der Waals surface area contributed by atoms with Gasteiger partial charge in [0, 0.05) is 11.1 Å². The van der Waals surface area contributed by atoms with Crippen LogP contribution in [0.5, 0.6) is 5.75 Å². The van der Waals surface area contributed by atoms with Crippen LogP contribution in [0.15, 0.2) is 48.0 Å². The van der Waals surface area contributed by atoms with Crippen LogP contribution >= 0.6 is 0 Å². The highest BCUT2D eigenvalue weighted by molar-refractivity contribution is 6.13. The molecule has 0 aliphatic heterocycles. The van der Waals surface area contributed by atoms with E-state index < -0.39 is 11.7 Å². The fourth-order valence-electron chi connectivity index (χ4n) is 2.79. The highest BCUT2D eigenvalue weighted by Crippen LogP contribution is 2.31. The summed E-state index contributed by atoms with van der Waals surface area (Å²) in [5, 5.41) is 0. The van der Waals surface area contributed by atoms with Crippen molar-refractivity contribution in [3.63, 3.8) is 0 Å². The Labute approximate surface area is 137 Å². The number of ketones is 1. The lowest BCUT2D eigenvalue weighted by molar-refractivity contribution is -0.137. The molecule has 0 amide bonds. The van der Waals surface area contributed by atoms with Gasteiger partial charge in [-0.15, -0.1) is 0 Å². The topological polar surface area (TPSA) is 26.3 Å². The zero-order chi connectivity index (χ0) is 17.3. The molecule has 0 unspecified atom stereocenters. The number of alkyl halides is 3. The quantitative estimate of drug-likeness (QED) is 0.729. The normalized spacial score (nSPS) is 16.2. The summed E-state index contributed by atoms with van der Waals surface area (Å²) < 4.78 is 42.9. The minimum atomic E-state index is -4.36. The molecule has 0 saturated heterocycles. The van der Waals surface area contributed by atoms with Crippen molar-refractivity contribution in [2.45, 2.75) is 19.0 Å². The van der Waals surface area contributed by atoms with Gasteiger partial charge in [-0.05, 0) is 60.4 Å². The predicted octanol–water partition coefficient (Wildman–Crippen LogP) is 4.93. The standard InChI is InChI=1S/C19H15F3O2/c1-24-16-8-9-17-13(11-16)4-5-14(18(17)23)10-12-2-6-15(7-3-12)19(20,21)22/h2-3,6-11H,4-5H2,1H3. The van der Waals surface area contributed by atoms with Gasteiger partial charge >= 0.3 is 6.18 Å². The molecular weight excluding hydrogens is 317 g/mol. The van der Waals surface area contributed by atoms with E-state index in [9.17, 15) is 18.0 Å². The summed E-state index contributed by atoms with van der Waals surface area (Å²) in [5.41, 5.74) is 2.05. The van der Waals surface area contributed by atoms with E-state index in [1.807, 2.05) is 6.07 Å². The smallest absolute Gasteiger partial charge is 0.416 e. The third-order valence-electron chi connectivity index (χ3n) is 4.09. The number of ether oxygens (including phenoxy) is 1. The molecule has 0 N–H and O–H groups in total. The summed E-state index contributed by atoms with van der Waals surface area (Å²) in [5.74, 6) is 0.621. The molecule has 2 aromatic rings. The number of hydrogen-bond acceptors (Lipinski definition) is 2. The first-order valence-electron chi connectivity index (χ1n) is 7.48. The Bertz CT molecular complexity index is 802. The monoisotopic (exact) mass is 332 g/mol. The number of Topliss-reactive ketones (excluding diaryl/α,β-unsaturated/α-hetero) is 1. The molecule has 2 nitrogen and oxygen atoms in total. The van der Waals surface area contributed by atoms with Crippen molar-refractivity contribution in [1.29, 1.82) is 0 Å². The number of carbonyl (C=O) groups is 1. The third-order valence-corrected chi connectivity index (χ3v) is 4.09. The number of carbonyl (C=O) groups excluding carboxylic acids is 1. The molecule has 0 aromatic heterocycles. The van der Waals surface area contributed by atoms with Crippen LogP contribution in [-0.2, 0) is 12.6 Å². The van der Waals surface area contributed by atoms with Crippen LogP contribution in [0.4, 0.5) is 13.2 Å². The molecule has 0 heterocycles. The summed E-state index contributed by atoms with van der Waals surface area (Å²) >= 11 is 0. The van der Waals surface area contributed by atoms with Crippen LogP contribution < -0.4 is 4.74 Å². The SMILES string of the molecule is COc1ccc2c(c1)CCC(=Cc1ccc(C(F)(F)F)cc1)C2=O. The van der Waals surface area contributed by atoms with Crippen molar-refractivity contribution in [3.8, 4) is 5.75 Å². The molecule has 1 aliphatic rings. The predicted molar refractivity (Wildman–Crippen MR) is 85.1 cm³/mol. The summed E-state index contributed by atoms with van der Waals surface area (Å²) in [6.45, 7) is 0. The molecule has 0 bridgehead atoms. The van der Waals surface area contributed by atoms with Crippen LogP contribution in [0.1, 0.15) is 33.5 Å². The first kappa shape index (κ1) is 16.3. The van der Waals surface area contributed by atoms with Gasteiger partial charge in [-0.2, -0.15) is 13.2 Å². The average Bonchev–Trinajstić information content (AvgIpc) is 2.57. The minimum absolute atomic E-state index is 0.0844. The Morgan fingerprint density at radius 2 is 1.75 bits per heavy atom. The lowest BCUT2D eigenvalue weighted by Crippen LogP contribution is -2.14. The van der Waals surface area contributed by atoms with E-state index in [2.05, 4.69) is 0 Å². The zero-order valence-corrected chi connectivity index (χ0v) is 13.0. The van der Waals surface area contributed by atoms with Gasteiger partial charge < -0.3 is 4.74 Å². The number of hydrogen-bond donors (Lipinski definition) is 0. The van der Waals surface area contributed by atoms with E-state index >= 15 is 0 Å². The van der Waals surface area contributed by atoms with Gasteiger partial charge in [-0.1, -0.05) is 12.1 Å². The number of halogens is 3. The summed E-state index contributed by atoms with van der Waals surface area (Å²) in [7, 11) is 1.57. The minimum Gasteiger partial charge on any atom is -0.497 e. The van der Waals surface area contributed by atoms with Crippen molar-refractivity contribution in [1.82, 2.24) is 0 Å². The second-order valence-corrected chi connectivity index (χ2v) is 5.64. The molecule has 0 atom stereocenters. The summed E-state index contributed by atoms with van der Waals surface area (Å²) in [6.07, 6.45) is -1.44.